The third kappa shape index (κ3) is 7.73. The number of nitrogens with zero attached hydrogens (tertiary/aromatic N) is 6. The molecule has 0 radical (unpaired) electrons. The smallest absolute Gasteiger partial charge is 0.407 e. The number of carbonyl (C=O) groups is 3. The molecular weight excluding hydrogens is 777 g/mol. The zero-order valence-corrected chi connectivity index (χ0v) is 35.1. The van der Waals surface area contributed by atoms with E-state index in [0.29, 0.717) is 24.5 Å². The van der Waals surface area contributed by atoms with Crippen molar-refractivity contribution in [3.8, 4) is 33.6 Å². The van der Waals surface area contributed by atoms with E-state index in [1.807, 2.05) is 66.5 Å². The van der Waals surface area contributed by atoms with Gasteiger partial charge in [0.1, 0.15) is 23.7 Å². The number of imidazole rings is 2. The number of hydrogen-bond acceptors (Lipinski definition) is 6. The predicted molar refractivity (Wildman–Crippen MR) is 240 cm³/mol. The number of carbonyl (C=O) groups excluding carboxylic acids is 2. The van der Waals surface area contributed by atoms with Crippen LogP contribution >= 0.6 is 0 Å². The fourth-order valence-electron chi connectivity index (χ4n) is 9.33. The van der Waals surface area contributed by atoms with Crippen LogP contribution in [0, 0.1) is 0 Å². The van der Waals surface area contributed by atoms with Gasteiger partial charge < -0.3 is 24.9 Å². The van der Waals surface area contributed by atoms with Crippen molar-refractivity contribution < 1.29 is 19.5 Å². The molecule has 4 atom stereocenters. The number of nitrogens with one attached hydrogen (secondary N) is 2. The molecule has 5 aromatic carbocycles. The van der Waals surface area contributed by atoms with Crippen molar-refractivity contribution in [2.75, 3.05) is 34.2 Å². The number of H-pyrrole nitrogens is 2. The number of aromatic amines is 2. The van der Waals surface area contributed by atoms with E-state index < -0.39 is 18.2 Å². The molecule has 1 unspecified atom stereocenters. The molecule has 12 heteroatoms. The highest BCUT2D eigenvalue weighted by atomic mass is 16.4. The van der Waals surface area contributed by atoms with Gasteiger partial charge in [0.2, 0.25) is 5.91 Å². The molecule has 3 amide bonds. The van der Waals surface area contributed by atoms with Crippen LogP contribution in [0.15, 0.2) is 134 Å². The van der Waals surface area contributed by atoms with Crippen LogP contribution < -0.4 is 0 Å². The second-order valence-electron chi connectivity index (χ2n) is 16.5. The summed E-state index contributed by atoms with van der Waals surface area (Å²) in [4.78, 5) is 63.7. The molecule has 0 saturated carbocycles. The lowest BCUT2D eigenvalue weighted by Gasteiger charge is -2.32. The van der Waals surface area contributed by atoms with Gasteiger partial charge in [0.15, 0.2) is 0 Å². The third-order valence-corrected chi connectivity index (χ3v) is 12.5. The lowest BCUT2D eigenvalue weighted by Crippen LogP contribution is -2.43. The molecule has 9 rings (SSSR count). The van der Waals surface area contributed by atoms with Gasteiger partial charge in [-0.2, -0.15) is 0 Å². The van der Waals surface area contributed by atoms with Crippen molar-refractivity contribution in [2.45, 2.75) is 49.9 Å². The summed E-state index contributed by atoms with van der Waals surface area (Å²) in [7, 11) is 5.38. The summed E-state index contributed by atoms with van der Waals surface area (Å²) in [5.74, 6) is 1.31. The van der Waals surface area contributed by atoms with E-state index >= 15 is 0 Å². The Morgan fingerprint density at radius 3 is 1.63 bits per heavy atom. The van der Waals surface area contributed by atoms with Crippen LogP contribution in [0.1, 0.15) is 72.6 Å². The summed E-state index contributed by atoms with van der Waals surface area (Å²) in [5.41, 5.74) is 7.49. The Morgan fingerprint density at radius 1 is 0.613 bits per heavy atom. The van der Waals surface area contributed by atoms with E-state index in [9.17, 15) is 19.5 Å². The van der Waals surface area contributed by atoms with E-state index in [1.165, 1.54) is 7.05 Å². The molecule has 2 aliphatic rings. The number of aromatic nitrogens is 4. The molecule has 2 aliphatic heterocycles. The maximum absolute atomic E-state index is 14.4. The van der Waals surface area contributed by atoms with Gasteiger partial charge in [0.05, 0.1) is 35.9 Å². The van der Waals surface area contributed by atoms with E-state index in [-0.39, 0.29) is 23.9 Å². The molecule has 2 fully saturated rings. The van der Waals surface area contributed by atoms with Crippen LogP contribution in [-0.2, 0) is 9.59 Å². The van der Waals surface area contributed by atoms with Crippen LogP contribution in [0.25, 0.3) is 44.4 Å². The van der Waals surface area contributed by atoms with Gasteiger partial charge in [0.25, 0.3) is 5.91 Å². The van der Waals surface area contributed by atoms with E-state index in [0.717, 1.165) is 86.4 Å². The lowest BCUT2D eigenvalue weighted by atomic mass is 9.97. The highest BCUT2D eigenvalue weighted by Crippen LogP contribution is 2.38. The predicted octanol–water partition coefficient (Wildman–Crippen LogP) is 9.27. The van der Waals surface area contributed by atoms with Gasteiger partial charge in [-0.25, -0.2) is 14.8 Å². The van der Waals surface area contributed by atoms with E-state index in [2.05, 4.69) is 82.8 Å². The summed E-state index contributed by atoms with van der Waals surface area (Å²) in [5, 5.41) is 12.0. The molecule has 7 aromatic rings. The lowest BCUT2D eigenvalue weighted by molar-refractivity contribution is -0.138. The Labute approximate surface area is 360 Å². The van der Waals surface area contributed by atoms with Gasteiger partial charge >= 0.3 is 6.09 Å². The number of hydrogen-bond donors (Lipinski definition) is 3. The molecule has 314 valence electrons. The van der Waals surface area contributed by atoms with Crippen LogP contribution in [-0.4, -0.2) is 96.8 Å². The van der Waals surface area contributed by atoms with Crippen LogP contribution in [0.2, 0.25) is 0 Å². The highest BCUT2D eigenvalue weighted by molar-refractivity contribution is 5.93. The molecular formula is C50H50N8O4. The first-order valence-corrected chi connectivity index (χ1v) is 21.2. The SMILES string of the molecule is CN(C)C(C(=O)N1CCC[C@H]1c1ncc(-c2ccc(-c3ccc(-c4cnc([C@@H]5CCCN5C(=O)[C@@H](c5ccccc5)N(C)C(=O)O)[nH]4)cc3)cc2)[nH]1)c1cccc2ccccc12. The summed E-state index contributed by atoms with van der Waals surface area (Å²) in [6, 6.07) is 38.4. The van der Waals surface area contributed by atoms with Gasteiger partial charge in [-0.3, -0.25) is 19.4 Å². The van der Waals surface area contributed by atoms with Crippen molar-refractivity contribution in [2.24, 2.45) is 0 Å². The fourth-order valence-corrected chi connectivity index (χ4v) is 9.33. The van der Waals surface area contributed by atoms with Gasteiger partial charge in [-0.05, 0) is 83.9 Å². The second-order valence-corrected chi connectivity index (χ2v) is 16.5. The van der Waals surface area contributed by atoms with Crippen molar-refractivity contribution in [3.63, 3.8) is 0 Å². The van der Waals surface area contributed by atoms with Crippen molar-refractivity contribution in [3.05, 3.63) is 156 Å². The number of rotatable bonds is 11. The molecule has 3 N–H and O–H groups in total. The van der Waals surface area contributed by atoms with Gasteiger partial charge in [-0.1, -0.05) is 121 Å². The van der Waals surface area contributed by atoms with Crippen LogP contribution in [0.4, 0.5) is 4.79 Å². The summed E-state index contributed by atoms with van der Waals surface area (Å²) in [6.07, 6.45) is 5.79. The maximum Gasteiger partial charge on any atom is 0.407 e. The number of likely N-dealkylation sites (N-methyl/N-ethyl adjacent to an activating group) is 2. The minimum Gasteiger partial charge on any atom is -0.465 e. The average Bonchev–Trinajstić information content (AvgIpc) is 4.14. The average molecular weight is 827 g/mol. The Hall–Kier alpha value is -7.05. The Kier molecular flexibility index (Phi) is 11.2. The Morgan fingerprint density at radius 2 is 1.10 bits per heavy atom. The second kappa shape index (κ2) is 17.1. The molecule has 0 spiro atoms. The minimum atomic E-state index is -1.16. The first-order chi connectivity index (χ1) is 30.2. The normalized spacial score (nSPS) is 17.4. The fraction of sp³-hybridized carbons (Fsp3) is 0.260. The van der Waals surface area contributed by atoms with Crippen molar-refractivity contribution in [1.82, 2.24) is 39.5 Å². The topological polar surface area (TPSA) is 142 Å². The first-order valence-electron chi connectivity index (χ1n) is 21.2. The number of fused-ring (bicyclic) bond motifs is 1. The number of likely N-dealkylation sites (tertiary alicyclic amines) is 2. The highest BCUT2D eigenvalue weighted by Gasteiger charge is 2.40. The van der Waals surface area contributed by atoms with Crippen LogP contribution in [0.5, 0.6) is 0 Å². The number of amides is 3. The third-order valence-electron chi connectivity index (χ3n) is 12.5. The molecule has 12 nitrogen and oxygen atoms in total. The molecule has 0 aliphatic carbocycles. The zero-order valence-electron chi connectivity index (χ0n) is 35.1. The molecule has 4 heterocycles. The van der Waals surface area contributed by atoms with Crippen molar-refractivity contribution in [1.29, 1.82) is 0 Å². The van der Waals surface area contributed by atoms with Crippen molar-refractivity contribution >= 4 is 28.7 Å². The molecule has 62 heavy (non-hydrogen) atoms. The standard InChI is InChI=1S/C50H50N8O4/c1-55(2)45(39-17-9-15-34-12-7-8-16-38(34)39)49(60)58-29-11-19-43(58)47-52-31-41(54-47)36-26-22-33(23-27-36)32-20-24-35(25-21-32)40-30-51-46(53-40)42-18-10-28-57(42)48(59)44(56(3)50(61)62)37-13-5-4-6-14-37/h4-9,12-17,20-27,30-31,42-45H,10-11,18-19,28-29H2,1-3H3,(H,51,53)(H,52,54)(H,61,62)/t42-,43-,44+,45?/m0/s1. The largest absolute Gasteiger partial charge is 0.465 e. The van der Waals surface area contributed by atoms with E-state index in [4.69, 9.17) is 9.97 Å². The molecule has 2 aromatic heterocycles. The zero-order chi connectivity index (χ0) is 42.9. The summed E-state index contributed by atoms with van der Waals surface area (Å²) < 4.78 is 0. The Balaban J connectivity index is 0.871. The number of benzene rings is 5. The molecule has 0 bridgehead atoms. The monoisotopic (exact) mass is 826 g/mol. The number of carboxylic acid groups (broad SMARTS) is 1. The summed E-state index contributed by atoms with van der Waals surface area (Å²) in [6.45, 7) is 1.21. The quantitative estimate of drug-likeness (QED) is 0.118. The first kappa shape index (κ1) is 40.4. The Bertz CT molecular complexity index is 2700. The summed E-state index contributed by atoms with van der Waals surface area (Å²) >= 11 is 0. The van der Waals surface area contributed by atoms with Gasteiger partial charge in [-0.15, -0.1) is 0 Å². The molecule has 2 saturated heterocycles. The van der Waals surface area contributed by atoms with E-state index in [1.54, 1.807) is 23.2 Å². The minimum absolute atomic E-state index is 0.0856. The van der Waals surface area contributed by atoms with Gasteiger partial charge in [0, 0.05) is 20.1 Å². The van der Waals surface area contributed by atoms with Crippen LogP contribution in [0.3, 0.4) is 0 Å². The maximum atomic E-state index is 14.4.